The lowest BCUT2D eigenvalue weighted by Crippen LogP contribution is -2.74. The third-order valence-electron chi connectivity index (χ3n) is 8.48. The molecule has 3 heterocycles. The molecule has 1 aliphatic heterocycles. The van der Waals surface area contributed by atoms with Gasteiger partial charge in [0.1, 0.15) is 0 Å². The molecule has 0 bridgehead atoms. The molecule has 1 aliphatic rings. The Bertz CT molecular complexity index is 1720. The number of fused-ring (bicyclic) bond motifs is 6. The average molecular weight is 524 g/mol. The van der Waals surface area contributed by atoms with Gasteiger partial charge < -0.3 is 0 Å². The normalized spacial score (nSPS) is 12.9. The molecule has 6 aromatic rings. The van der Waals surface area contributed by atoms with Gasteiger partial charge in [-0.2, -0.15) is 0 Å². The maximum Gasteiger partial charge on any atom is 0.254 e. The number of hydrogen-bond acceptors (Lipinski definition) is 2. The van der Waals surface area contributed by atoms with E-state index in [0.29, 0.717) is 0 Å². The van der Waals surface area contributed by atoms with Crippen molar-refractivity contribution in [2.24, 2.45) is 0 Å². The van der Waals surface area contributed by atoms with Crippen LogP contribution in [-0.4, -0.2) is 13.4 Å². The molecular formula is C34H30B2S2. The molecule has 0 N–H and O–H groups in total. The first-order valence-electron chi connectivity index (χ1n) is 13.5. The highest BCUT2D eigenvalue weighted by Crippen LogP contribution is 2.27. The van der Waals surface area contributed by atoms with Crippen molar-refractivity contribution in [2.45, 2.75) is 41.5 Å². The van der Waals surface area contributed by atoms with E-state index >= 15 is 0 Å². The number of hydrogen-bond donors (Lipinski definition) is 0. The van der Waals surface area contributed by atoms with E-state index < -0.39 is 0 Å². The van der Waals surface area contributed by atoms with Gasteiger partial charge in [-0.1, -0.05) is 116 Å². The van der Waals surface area contributed by atoms with Crippen LogP contribution < -0.4 is 31.4 Å². The Labute approximate surface area is 234 Å². The lowest BCUT2D eigenvalue weighted by molar-refractivity contribution is 1.35. The summed E-state index contributed by atoms with van der Waals surface area (Å²) in [7, 11) is 0. The Morgan fingerprint density at radius 1 is 0.447 bits per heavy atom. The van der Waals surface area contributed by atoms with Crippen LogP contribution in [0.4, 0.5) is 0 Å². The Hall–Kier alpha value is -3.07. The van der Waals surface area contributed by atoms with E-state index in [4.69, 9.17) is 0 Å². The molecule has 0 saturated heterocycles. The summed E-state index contributed by atoms with van der Waals surface area (Å²) in [5, 5.41) is 2.85. The van der Waals surface area contributed by atoms with Crippen molar-refractivity contribution < 1.29 is 0 Å². The molecule has 0 atom stereocenters. The first-order chi connectivity index (χ1) is 18.3. The van der Waals surface area contributed by atoms with Crippen LogP contribution in [0.5, 0.6) is 0 Å². The number of thiophene rings is 2. The zero-order valence-corrected chi connectivity index (χ0v) is 24.5. The number of benzene rings is 4. The standard InChI is InChI=1S/C34H30B2S2/c1-19-15-21(3)29(22(4)16-19)35-31-25-11-7-9-13-27(25)38-34(31)36(30-23(5)17-20(2)18-24(30)6)32-26-12-8-10-14-28(26)37-33(32)35/h7-18H,1-6H3. The minimum atomic E-state index is 0.247. The van der Waals surface area contributed by atoms with E-state index in [0.717, 1.165) is 0 Å². The summed E-state index contributed by atoms with van der Waals surface area (Å²) >= 11 is 4.04. The van der Waals surface area contributed by atoms with Gasteiger partial charge in [-0.3, -0.25) is 0 Å². The molecular weight excluding hydrogens is 494 g/mol. The highest BCUT2D eigenvalue weighted by Gasteiger charge is 2.45. The largest absolute Gasteiger partial charge is 0.254 e. The van der Waals surface area contributed by atoms with Gasteiger partial charge in [0.25, 0.3) is 13.4 Å². The molecule has 38 heavy (non-hydrogen) atoms. The van der Waals surface area contributed by atoms with Crippen molar-refractivity contribution in [3.8, 4) is 0 Å². The molecule has 0 spiro atoms. The van der Waals surface area contributed by atoms with Crippen LogP contribution in [0.15, 0.2) is 72.8 Å². The SMILES string of the molecule is Cc1cc(C)c(B2c3sc4ccccc4c3B(c3c(C)cc(C)cc3C)c3sc4ccccc4c32)c(C)c1. The van der Waals surface area contributed by atoms with E-state index in [1.807, 2.05) is 22.7 Å². The van der Waals surface area contributed by atoms with Crippen LogP contribution in [0.2, 0.25) is 0 Å². The minimum absolute atomic E-state index is 0.247. The molecule has 2 aromatic heterocycles. The van der Waals surface area contributed by atoms with Gasteiger partial charge in [-0.05, 0) is 74.0 Å². The predicted octanol–water partition coefficient (Wildman–Crippen LogP) is 5.31. The van der Waals surface area contributed by atoms with Gasteiger partial charge in [-0.25, -0.2) is 0 Å². The maximum absolute atomic E-state index is 2.38. The highest BCUT2D eigenvalue weighted by molar-refractivity contribution is 7.42. The molecule has 0 radical (unpaired) electrons. The zero-order valence-electron chi connectivity index (χ0n) is 22.9. The highest BCUT2D eigenvalue weighted by atomic mass is 32.1. The molecule has 184 valence electrons. The predicted molar refractivity (Wildman–Crippen MR) is 174 cm³/mol. The lowest BCUT2D eigenvalue weighted by atomic mass is 9.23. The van der Waals surface area contributed by atoms with E-state index in [2.05, 4.69) is 114 Å². The van der Waals surface area contributed by atoms with Gasteiger partial charge >= 0.3 is 0 Å². The maximum atomic E-state index is 2.38. The third-order valence-corrected chi connectivity index (χ3v) is 11.0. The van der Waals surface area contributed by atoms with Gasteiger partial charge in [0.05, 0.1) is 0 Å². The van der Waals surface area contributed by atoms with Gasteiger partial charge in [0, 0.05) is 9.40 Å². The number of aryl methyl sites for hydroxylation is 6. The Morgan fingerprint density at radius 3 is 1.16 bits per heavy atom. The van der Waals surface area contributed by atoms with Gasteiger partial charge in [0.15, 0.2) is 0 Å². The van der Waals surface area contributed by atoms with Gasteiger partial charge in [-0.15, -0.1) is 22.7 Å². The van der Waals surface area contributed by atoms with Crippen molar-refractivity contribution in [1.29, 1.82) is 0 Å². The summed E-state index contributed by atoms with van der Waals surface area (Å²) in [6, 6.07) is 27.7. The van der Waals surface area contributed by atoms with E-state index in [9.17, 15) is 0 Å². The molecule has 0 nitrogen and oxygen atoms in total. The van der Waals surface area contributed by atoms with E-state index in [1.54, 1.807) is 0 Å². The summed E-state index contributed by atoms with van der Waals surface area (Å²) in [6.45, 7) is 14.2. The van der Waals surface area contributed by atoms with Crippen molar-refractivity contribution in [2.75, 3.05) is 0 Å². The van der Waals surface area contributed by atoms with Crippen LogP contribution in [0.3, 0.4) is 0 Å². The molecule has 7 rings (SSSR count). The fraction of sp³-hybridized carbons (Fsp3) is 0.176. The van der Waals surface area contributed by atoms with E-state index in [-0.39, 0.29) is 13.4 Å². The topological polar surface area (TPSA) is 0 Å². The minimum Gasteiger partial charge on any atom is -0.150 e. The van der Waals surface area contributed by atoms with Crippen molar-refractivity contribution >= 4 is 87.7 Å². The monoisotopic (exact) mass is 524 g/mol. The Balaban J connectivity index is 1.67. The van der Waals surface area contributed by atoms with Crippen LogP contribution >= 0.6 is 22.7 Å². The van der Waals surface area contributed by atoms with Crippen molar-refractivity contribution in [3.05, 3.63) is 106 Å². The molecule has 0 amide bonds. The fourth-order valence-corrected chi connectivity index (χ4v) is 10.0. The van der Waals surface area contributed by atoms with Crippen LogP contribution in [0, 0.1) is 41.5 Å². The Kier molecular flexibility index (Phi) is 5.51. The van der Waals surface area contributed by atoms with Crippen molar-refractivity contribution in [3.63, 3.8) is 0 Å². The van der Waals surface area contributed by atoms with E-state index in [1.165, 1.54) is 85.0 Å². The third kappa shape index (κ3) is 3.43. The van der Waals surface area contributed by atoms with Crippen LogP contribution in [0.25, 0.3) is 20.2 Å². The fourth-order valence-electron chi connectivity index (χ4n) is 7.30. The first kappa shape index (κ1) is 24.0. The molecule has 0 saturated carbocycles. The summed E-state index contributed by atoms with van der Waals surface area (Å²) < 4.78 is 5.86. The smallest absolute Gasteiger partial charge is 0.150 e. The summed E-state index contributed by atoms with van der Waals surface area (Å²) in [6.07, 6.45) is 0. The van der Waals surface area contributed by atoms with Gasteiger partial charge in [0.2, 0.25) is 0 Å². The quantitative estimate of drug-likeness (QED) is 0.269. The average Bonchev–Trinajstić information content (AvgIpc) is 3.43. The lowest BCUT2D eigenvalue weighted by Gasteiger charge is -2.31. The second-order valence-electron chi connectivity index (χ2n) is 11.2. The molecule has 4 aromatic carbocycles. The molecule has 0 unspecified atom stereocenters. The number of rotatable bonds is 2. The molecule has 4 heteroatoms. The molecule has 0 fully saturated rings. The molecule has 0 aliphatic carbocycles. The van der Waals surface area contributed by atoms with Crippen molar-refractivity contribution in [1.82, 2.24) is 0 Å². The zero-order chi connectivity index (χ0) is 26.3. The second kappa shape index (κ2) is 8.73. The summed E-state index contributed by atoms with van der Waals surface area (Å²) in [4.78, 5) is 0. The summed E-state index contributed by atoms with van der Waals surface area (Å²) in [5.41, 5.74) is 14.3. The second-order valence-corrected chi connectivity index (χ2v) is 13.4. The van der Waals surface area contributed by atoms with Crippen LogP contribution in [0.1, 0.15) is 33.4 Å². The van der Waals surface area contributed by atoms with Crippen LogP contribution in [-0.2, 0) is 0 Å². The first-order valence-corrected chi connectivity index (χ1v) is 15.1. The summed E-state index contributed by atoms with van der Waals surface area (Å²) in [5.74, 6) is 0. The Morgan fingerprint density at radius 2 is 0.789 bits per heavy atom.